The molecule has 0 aromatic heterocycles. The van der Waals surface area contributed by atoms with E-state index in [4.69, 9.17) is 0 Å². The zero-order chi connectivity index (χ0) is 21.0. The summed E-state index contributed by atoms with van der Waals surface area (Å²) in [5.74, 6) is -0.293. The normalized spacial score (nSPS) is 13.3. The minimum Gasteiger partial charge on any atom is -0.371 e. The van der Waals surface area contributed by atoms with E-state index in [1.807, 2.05) is 32.0 Å². The van der Waals surface area contributed by atoms with Crippen molar-refractivity contribution in [1.82, 2.24) is 5.32 Å². The lowest BCUT2D eigenvalue weighted by Crippen LogP contribution is -2.41. The number of hydrogen-bond acceptors (Lipinski definition) is 4. The van der Waals surface area contributed by atoms with E-state index in [0.717, 1.165) is 43.3 Å². The van der Waals surface area contributed by atoms with E-state index in [2.05, 4.69) is 28.4 Å². The third-order valence-corrected chi connectivity index (χ3v) is 6.36. The Morgan fingerprint density at radius 2 is 1.93 bits per heavy atom. The summed E-state index contributed by atoms with van der Waals surface area (Å²) in [5.41, 5.74) is 4.97. The van der Waals surface area contributed by atoms with Gasteiger partial charge in [-0.3, -0.25) is 9.10 Å². The average Bonchev–Trinajstić information content (AvgIpc) is 3.08. The number of fused-ring (bicyclic) bond motifs is 1. The molecule has 2 aromatic rings. The first-order chi connectivity index (χ1) is 13.8. The van der Waals surface area contributed by atoms with Crippen molar-refractivity contribution in [3.63, 3.8) is 0 Å². The number of aryl methyl sites for hydroxylation is 2. The van der Waals surface area contributed by atoms with E-state index in [1.165, 1.54) is 15.6 Å². The van der Waals surface area contributed by atoms with Crippen molar-refractivity contribution < 1.29 is 13.2 Å². The van der Waals surface area contributed by atoms with Crippen molar-refractivity contribution in [1.29, 1.82) is 0 Å². The standard InChI is InChI=1S/C22H29N3O3S/c1-17-9-10-18(2)21(15-17)25(29(3,27)28)16-22(26)23-12-6-13-24-14-11-19-7-4-5-8-20(19)24/h4-5,7-10,15H,6,11-14,16H2,1-3H3,(H,23,26). The van der Waals surface area contributed by atoms with Gasteiger partial charge in [0, 0.05) is 25.3 Å². The number of para-hydroxylation sites is 1. The highest BCUT2D eigenvalue weighted by atomic mass is 32.2. The second kappa shape index (κ2) is 8.86. The molecule has 1 heterocycles. The first kappa shape index (κ1) is 21.2. The number of rotatable bonds is 8. The molecule has 2 aromatic carbocycles. The zero-order valence-electron chi connectivity index (χ0n) is 17.3. The van der Waals surface area contributed by atoms with Gasteiger partial charge in [-0.05, 0) is 55.5 Å². The van der Waals surface area contributed by atoms with Crippen LogP contribution in [0.2, 0.25) is 0 Å². The number of hydrogen-bond donors (Lipinski definition) is 1. The molecule has 1 aliphatic heterocycles. The van der Waals surface area contributed by atoms with Crippen molar-refractivity contribution in [3.8, 4) is 0 Å². The molecule has 0 saturated heterocycles. The van der Waals surface area contributed by atoms with Crippen LogP contribution in [-0.2, 0) is 21.2 Å². The molecule has 3 rings (SSSR count). The maximum absolute atomic E-state index is 12.4. The van der Waals surface area contributed by atoms with E-state index in [-0.39, 0.29) is 12.5 Å². The van der Waals surface area contributed by atoms with Gasteiger partial charge in [0.2, 0.25) is 15.9 Å². The van der Waals surface area contributed by atoms with Crippen molar-refractivity contribution in [2.75, 3.05) is 41.6 Å². The van der Waals surface area contributed by atoms with Gasteiger partial charge in [-0.2, -0.15) is 0 Å². The summed E-state index contributed by atoms with van der Waals surface area (Å²) in [5, 5.41) is 2.87. The zero-order valence-corrected chi connectivity index (χ0v) is 18.1. The van der Waals surface area contributed by atoms with Crippen molar-refractivity contribution in [3.05, 3.63) is 59.2 Å². The molecule has 0 aliphatic carbocycles. The lowest BCUT2D eigenvalue weighted by Gasteiger charge is -2.24. The Bertz CT molecular complexity index is 989. The number of anilines is 2. The molecule has 6 nitrogen and oxygen atoms in total. The maximum atomic E-state index is 12.4. The molecule has 0 unspecified atom stereocenters. The van der Waals surface area contributed by atoms with E-state index >= 15 is 0 Å². The number of benzene rings is 2. The Morgan fingerprint density at radius 3 is 2.69 bits per heavy atom. The van der Waals surface area contributed by atoms with Crippen LogP contribution in [0.4, 0.5) is 11.4 Å². The quantitative estimate of drug-likeness (QED) is 0.673. The molecule has 0 bridgehead atoms. The van der Waals surface area contributed by atoms with Gasteiger partial charge < -0.3 is 10.2 Å². The molecule has 0 atom stereocenters. The number of nitrogens with one attached hydrogen (secondary N) is 1. The minimum atomic E-state index is -3.57. The van der Waals surface area contributed by atoms with Gasteiger partial charge in [0.05, 0.1) is 11.9 Å². The molecule has 1 aliphatic rings. The predicted molar refractivity (Wildman–Crippen MR) is 118 cm³/mol. The third kappa shape index (κ3) is 5.29. The molecule has 7 heteroatoms. The summed E-state index contributed by atoms with van der Waals surface area (Å²) in [7, 11) is -3.57. The van der Waals surface area contributed by atoms with Crippen molar-refractivity contribution in [2.24, 2.45) is 0 Å². The second-order valence-corrected chi connectivity index (χ2v) is 9.54. The number of carbonyl (C=O) groups is 1. The Labute approximate surface area is 173 Å². The number of sulfonamides is 1. The van der Waals surface area contributed by atoms with E-state index in [1.54, 1.807) is 6.07 Å². The summed E-state index contributed by atoms with van der Waals surface area (Å²) in [4.78, 5) is 14.8. The monoisotopic (exact) mass is 415 g/mol. The van der Waals surface area contributed by atoms with E-state index < -0.39 is 10.0 Å². The van der Waals surface area contributed by atoms with Crippen LogP contribution < -0.4 is 14.5 Å². The molecule has 0 spiro atoms. The fourth-order valence-corrected chi connectivity index (χ4v) is 4.60. The molecule has 0 fully saturated rings. The van der Waals surface area contributed by atoms with Gasteiger partial charge in [0.25, 0.3) is 0 Å². The van der Waals surface area contributed by atoms with Gasteiger partial charge in [0.15, 0.2) is 0 Å². The summed E-state index contributed by atoms with van der Waals surface area (Å²) < 4.78 is 25.8. The summed E-state index contributed by atoms with van der Waals surface area (Å²) in [6.45, 7) is 5.92. The highest BCUT2D eigenvalue weighted by Gasteiger charge is 2.22. The largest absolute Gasteiger partial charge is 0.371 e. The number of nitrogens with zero attached hydrogens (tertiary/aromatic N) is 2. The molecule has 1 N–H and O–H groups in total. The van der Waals surface area contributed by atoms with Crippen LogP contribution in [0.15, 0.2) is 42.5 Å². The van der Waals surface area contributed by atoms with E-state index in [0.29, 0.717) is 12.2 Å². The minimum absolute atomic E-state index is 0.213. The fourth-order valence-electron chi connectivity index (χ4n) is 3.69. The van der Waals surface area contributed by atoms with Crippen LogP contribution in [0.5, 0.6) is 0 Å². The Balaban J connectivity index is 1.54. The second-order valence-electron chi connectivity index (χ2n) is 7.63. The SMILES string of the molecule is Cc1ccc(C)c(N(CC(=O)NCCCN2CCc3ccccc32)S(C)(=O)=O)c1. The van der Waals surface area contributed by atoms with Crippen LogP contribution >= 0.6 is 0 Å². The van der Waals surface area contributed by atoms with Crippen LogP contribution in [-0.4, -0.2) is 46.8 Å². The fraction of sp³-hybridized carbons (Fsp3) is 0.409. The maximum Gasteiger partial charge on any atom is 0.240 e. The molecule has 0 saturated carbocycles. The van der Waals surface area contributed by atoms with E-state index in [9.17, 15) is 13.2 Å². The van der Waals surface area contributed by atoms with Gasteiger partial charge in [0.1, 0.15) is 6.54 Å². The van der Waals surface area contributed by atoms with Crippen molar-refractivity contribution in [2.45, 2.75) is 26.7 Å². The molecule has 1 amide bonds. The predicted octanol–water partition coefficient (Wildman–Crippen LogP) is 2.64. The van der Waals surface area contributed by atoms with Crippen LogP contribution in [0.1, 0.15) is 23.1 Å². The first-order valence-electron chi connectivity index (χ1n) is 9.90. The van der Waals surface area contributed by atoms with Gasteiger partial charge in [-0.1, -0.05) is 30.3 Å². The molecular formula is C22H29N3O3S. The Kier molecular flexibility index (Phi) is 6.47. The lowest BCUT2D eigenvalue weighted by atomic mass is 10.1. The van der Waals surface area contributed by atoms with Crippen LogP contribution in [0, 0.1) is 13.8 Å². The Morgan fingerprint density at radius 1 is 1.17 bits per heavy atom. The number of amides is 1. The smallest absolute Gasteiger partial charge is 0.240 e. The van der Waals surface area contributed by atoms with Crippen LogP contribution in [0.3, 0.4) is 0 Å². The Hall–Kier alpha value is -2.54. The highest BCUT2D eigenvalue weighted by molar-refractivity contribution is 7.92. The highest BCUT2D eigenvalue weighted by Crippen LogP contribution is 2.27. The summed E-state index contributed by atoms with van der Waals surface area (Å²) in [6.07, 6.45) is 3.00. The first-order valence-corrected chi connectivity index (χ1v) is 11.7. The third-order valence-electron chi connectivity index (χ3n) is 5.23. The molecule has 0 radical (unpaired) electrons. The molecule has 156 valence electrons. The summed E-state index contributed by atoms with van der Waals surface area (Å²) in [6, 6.07) is 14.0. The van der Waals surface area contributed by atoms with Gasteiger partial charge in [-0.15, -0.1) is 0 Å². The van der Waals surface area contributed by atoms with Crippen molar-refractivity contribution >= 4 is 27.3 Å². The summed E-state index contributed by atoms with van der Waals surface area (Å²) >= 11 is 0. The number of carbonyl (C=O) groups excluding carboxylic acids is 1. The molecular weight excluding hydrogens is 386 g/mol. The van der Waals surface area contributed by atoms with Gasteiger partial charge >= 0.3 is 0 Å². The van der Waals surface area contributed by atoms with Gasteiger partial charge in [-0.25, -0.2) is 8.42 Å². The molecule has 29 heavy (non-hydrogen) atoms. The van der Waals surface area contributed by atoms with Crippen LogP contribution in [0.25, 0.3) is 0 Å². The lowest BCUT2D eigenvalue weighted by molar-refractivity contribution is -0.119. The average molecular weight is 416 g/mol. The topological polar surface area (TPSA) is 69.7 Å².